The molecular formula is C23H20N2O3S. The van der Waals surface area contributed by atoms with E-state index in [1.807, 2.05) is 51.1 Å². The van der Waals surface area contributed by atoms with Crippen LogP contribution in [0.25, 0.3) is 5.76 Å². The highest BCUT2D eigenvalue weighted by atomic mass is 32.1. The van der Waals surface area contributed by atoms with Crippen LogP contribution in [0.5, 0.6) is 0 Å². The Morgan fingerprint density at radius 3 is 2.24 bits per heavy atom. The molecule has 0 spiro atoms. The van der Waals surface area contributed by atoms with Gasteiger partial charge in [0.15, 0.2) is 5.13 Å². The molecule has 1 atom stereocenters. The number of aliphatic hydroxyl groups excluding tert-OH is 1. The Labute approximate surface area is 173 Å². The first-order valence-electron chi connectivity index (χ1n) is 9.25. The number of carbonyl (C=O) groups is 2. The minimum absolute atomic E-state index is 0.0792. The number of Topliss-reactive ketones (excluding diaryl/α,β-unsaturated/α-hetero) is 1. The van der Waals surface area contributed by atoms with Crippen molar-refractivity contribution < 1.29 is 14.7 Å². The summed E-state index contributed by atoms with van der Waals surface area (Å²) < 4.78 is 0. The molecule has 0 unspecified atom stereocenters. The molecule has 1 amide bonds. The van der Waals surface area contributed by atoms with Crippen molar-refractivity contribution in [3.63, 3.8) is 0 Å². The second-order valence-corrected chi connectivity index (χ2v) is 8.27. The van der Waals surface area contributed by atoms with Crippen LogP contribution in [-0.2, 0) is 9.59 Å². The molecule has 146 valence electrons. The number of aromatic nitrogens is 1. The van der Waals surface area contributed by atoms with Crippen LogP contribution in [0.3, 0.4) is 0 Å². The van der Waals surface area contributed by atoms with Gasteiger partial charge in [-0.15, -0.1) is 11.3 Å². The number of aryl methyl sites for hydroxylation is 3. The van der Waals surface area contributed by atoms with E-state index < -0.39 is 17.7 Å². The Bertz CT molecular complexity index is 1110. The van der Waals surface area contributed by atoms with Gasteiger partial charge in [0.1, 0.15) is 5.76 Å². The molecule has 3 aromatic rings. The van der Waals surface area contributed by atoms with E-state index in [1.54, 1.807) is 24.3 Å². The number of amides is 1. The molecule has 1 fully saturated rings. The fourth-order valence-corrected chi connectivity index (χ4v) is 4.34. The fraction of sp³-hybridized carbons (Fsp3) is 0.174. The van der Waals surface area contributed by atoms with Gasteiger partial charge in [-0.3, -0.25) is 14.5 Å². The molecule has 0 aliphatic carbocycles. The van der Waals surface area contributed by atoms with Crippen molar-refractivity contribution in [2.24, 2.45) is 0 Å². The predicted octanol–water partition coefficient (Wildman–Crippen LogP) is 4.69. The van der Waals surface area contributed by atoms with E-state index in [-0.39, 0.29) is 11.3 Å². The summed E-state index contributed by atoms with van der Waals surface area (Å²) in [5.41, 5.74) is 3.20. The maximum Gasteiger partial charge on any atom is 0.301 e. The Morgan fingerprint density at radius 2 is 1.66 bits per heavy atom. The fourth-order valence-electron chi connectivity index (χ4n) is 3.40. The van der Waals surface area contributed by atoms with Gasteiger partial charge in [-0.2, -0.15) is 0 Å². The summed E-state index contributed by atoms with van der Waals surface area (Å²) in [4.78, 5) is 32.9. The first-order valence-corrected chi connectivity index (χ1v) is 10.1. The molecule has 0 bridgehead atoms. The third kappa shape index (κ3) is 3.25. The van der Waals surface area contributed by atoms with Crippen LogP contribution in [0.1, 0.15) is 33.3 Å². The smallest absolute Gasteiger partial charge is 0.301 e. The molecular weight excluding hydrogens is 384 g/mol. The zero-order valence-electron chi connectivity index (χ0n) is 16.3. The van der Waals surface area contributed by atoms with Gasteiger partial charge in [0.25, 0.3) is 5.78 Å². The highest BCUT2D eigenvalue weighted by Crippen LogP contribution is 2.43. The van der Waals surface area contributed by atoms with Crippen LogP contribution >= 0.6 is 11.3 Å². The highest BCUT2D eigenvalue weighted by Gasteiger charge is 2.48. The molecule has 6 heteroatoms. The van der Waals surface area contributed by atoms with Gasteiger partial charge in [-0.1, -0.05) is 60.2 Å². The topological polar surface area (TPSA) is 70.5 Å². The number of ketones is 1. The normalized spacial score (nSPS) is 18.4. The summed E-state index contributed by atoms with van der Waals surface area (Å²) in [6.07, 6.45) is 0. The molecule has 5 nitrogen and oxygen atoms in total. The monoisotopic (exact) mass is 404 g/mol. The quantitative estimate of drug-likeness (QED) is 0.390. The molecule has 29 heavy (non-hydrogen) atoms. The van der Waals surface area contributed by atoms with Gasteiger partial charge >= 0.3 is 5.91 Å². The SMILES string of the molecule is Cc1ccc([C@H]2/C(=C(\O)c3ccccc3)C(=O)C(=O)N2c2nc(C)c(C)s2)cc1. The van der Waals surface area contributed by atoms with Crippen molar-refractivity contribution in [2.45, 2.75) is 26.8 Å². The number of aliphatic hydroxyl groups is 1. The van der Waals surface area contributed by atoms with Crippen molar-refractivity contribution in [1.29, 1.82) is 0 Å². The number of hydrogen-bond donors (Lipinski definition) is 1. The summed E-state index contributed by atoms with van der Waals surface area (Å²) in [7, 11) is 0. The average molecular weight is 404 g/mol. The zero-order valence-corrected chi connectivity index (χ0v) is 17.2. The summed E-state index contributed by atoms with van der Waals surface area (Å²) >= 11 is 1.37. The number of hydrogen-bond acceptors (Lipinski definition) is 5. The number of carbonyl (C=O) groups excluding carboxylic acids is 2. The van der Waals surface area contributed by atoms with Crippen LogP contribution in [0.2, 0.25) is 0 Å². The lowest BCUT2D eigenvalue weighted by molar-refractivity contribution is -0.132. The standard InChI is InChI=1S/C23H20N2O3S/c1-13-9-11-16(12-10-13)19-18(20(26)17-7-5-4-6-8-17)21(27)22(28)25(19)23-24-14(2)15(3)29-23/h4-12,19,26H,1-3H3/b20-18+/t19-/m0/s1. The average Bonchev–Trinajstić information content (AvgIpc) is 3.18. The molecule has 4 rings (SSSR count). The van der Waals surface area contributed by atoms with Crippen molar-refractivity contribution in [3.8, 4) is 0 Å². The Hall–Kier alpha value is -3.25. The molecule has 0 saturated carbocycles. The molecule has 1 aliphatic heterocycles. The van der Waals surface area contributed by atoms with Gasteiger partial charge in [0.2, 0.25) is 0 Å². The molecule has 2 heterocycles. The van der Waals surface area contributed by atoms with Crippen molar-refractivity contribution in [3.05, 3.63) is 87.4 Å². The van der Waals surface area contributed by atoms with Crippen LogP contribution in [0.4, 0.5) is 5.13 Å². The highest BCUT2D eigenvalue weighted by molar-refractivity contribution is 7.16. The Kier molecular flexibility index (Phi) is 4.80. The molecule has 1 aliphatic rings. The van der Waals surface area contributed by atoms with Gasteiger partial charge in [0, 0.05) is 10.4 Å². The van der Waals surface area contributed by atoms with E-state index in [4.69, 9.17) is 0 Å². The first-order chi connectivity index (χ1) is 13.9. The van der Waals surface area contributed by atoms with Crippen molar-refractivity contribution in [2.75, 3.05) is 4.90 Å². The third-order valence-corrected chi connectivity index (χ3v) is 6.18. The lowest BCUT2D eigenvalue weighted by Gasteiger charge is -2.23. The second-order valence-electron chi connectivity index (χ2n) is 7.08. The van der Waals surface area contributed by atoms with E-state index in [0.29, 0.717) is 10.7 Å². The zero-order chi connectivity index (χ0) is 20.7. The van der Waals surface area contributed by atoms with Crippen LogP contribution in [0, 0.1) is 20.8 Å². The molecule has 0 radical (unpaired) electrons. The van der Waals surface area contributed by atoms with Gasteiger partial charge in [0.05, 0.1) is 17.3 Å². The summed E-state index contributed by atoms with van der Waals surface area (Å²) in [6.45, 7) is 5.77. The van der Waals surface area contributed by atoms with Gasteiger partial charge in [-0.05, 0) is 26.3 Å². The number of nitrogens with zero attached hydrogens (tertiary/aromatic N) is 2. The Morgan fingerprint density at radius 1 is 1.00 bits per heavy atom. The van der Waals surface area contributed by atoms with E-state index in [0.717, 1.165) is 21.7 Å². The summed E-state index contributed by atoms with van der Waals surface area (Å²) in [5.74, 6) is -1.56. The lowest BCUT2D eigenvalue weighted by Crippen LogP contribution is -2.29. The largest absolute Gasteiger partial charge is 0.507 e. The first kappa shape index (κ1) is 19.1. The Balaban J connectivity index is 1.95. The summed E-state index contributed by atoms with van der Waals surface area (Å²) in [6, 6.07) is 15.7. The molecule has 2 aromatic carbocycles. The third-order valence-electron chi connectivity index (χ3n) is 5.11. The molecule has 1 aromatic heterocycles. The second kappa shape index (κ2) is 7.29. The molecule has 1 N–H and O–H groups in total. The van der Waals surface area contributed by atoms with Crippen molar-refractivity contribution in [1.82, 2.24) is 4.98 Å². The van der Waals surface area contributed by atoms with E-state index in [1.165, 1.54) is 16.2 Å². The molecule has 1 saturated heterocycles. The van der Waals surface area contributed by atoms with Gasteiger partial charge < -0.3 is 5.11 Å². The number of rotatable bonds is 3. The van der Waals surface area contributed by atoms with Crippen molar-refractivity contribution >= 4 is 33.9 Å². The maximum absolute atomic E-state index is 13.0. The number of anilines is 1. The van der Waals surface area contributed by atoms with Crippen LogP contribution < -0.4 is 4.90 Å². The minimum Gasteiger partial charge on any atom is -0.507 e. The van der Waals surface area contributed by atoms with Gasteiger partial charge in [-0.25, -0.2) is 4.98 Å². The number of benzene rings is 2. The van der Waals surface area contributed by atoms with E-state index >= 15 is 0 Å². The van der Waals surface area contributed by atoms with Crippen LogP contribution in [-0.4, -0.2) is 21.8 Å². The minimum atomic E-state index is -0.735. The maximum atomic E-state index is 13.0. The van der Waals surface area contributed by atoms with E-state index in [2.05, 4.69) is 4.98 Å². The number of thiazole rings is 1. The predicted molar refractivity (Wildman–Crippen MR) is 114 cm³/mol. The van der Waals surface area contributed by atoms with Crippen LogP contribution in [0.15, 0.2) is 60.2 Å². The summed E-state index contributed by atoms with van der Waals surface area (Å²) in [5, 5.41) is 11.4. The van der Waals surface area contributed by atoms with E-state index in [9.17, 15) is 14.7 Å². The lowest BCUT2D eigenvalue weighted by atomic mass is 9.95.